The van der Waals surface area contributed by atoms with Crippen molar-refractivity contribution in [2.75, 3.05) is 5.73 Å². The number of nitrogen functional groups attached to an aromatic ring is 1. The van der Waals surface area contributed by atoms with E-state index in [4.69, 9.17) is 5.73 Å². The SMILES string of the molecule is Nc1nc2c(CC34CCCC(CCC3)C4)c[nH]c2c(=O)[nH]1. The second kappa shape index (κ2) is 4.61. The number of nitrogens with zero attached hydrogens (tertiary/aromatic N) is 1. The highest BCUT2D eigenvalue weighted by atomic mass is 16.1. The maximum absolute atomic E-state index is 11.9. The van der Waals surface area contributed by atoms with Crippen LogP contribution in [-0.2, 0) is 6.42 Å². The van der Waals surface area contributed by atoms with E-state index in [9.17, 15) is 4.79 Å². The van der Waals surface area contributed by atoms with Crippen molar-refractivity contribution in [2.45, 2.75) is 51.4 Å². The van der Waals surface area contributed by atoms with Gasteiger partial charge in [0.05, 0.1) is 0 Å². The van der Waals surface area contributed by atoms with Crippen molar-refractivity contribution < 1.29 is 0 Å². The van der Waals surface area contributed by atoms with Crippen LogP contribution in [0, 0.1) is 11.3 Å². The Morgan fingerprint density at radius 3 is 2.86 bits per heavy atom. The first kappa shape index (κ1) is 12.9. The van der Waals surface area contributed by atoms with Gasteiger partial charge in [0, 0.05) is 6.20 Å². The summed E-state index contributed by atoms with van der Waals surface area (Å²) < 4.78 is 0. The molecule has 5 heteroatoms. The molecule has 2 saturated carbocycles. The van der Waals surface area contributed by atoms with E-state index in [0.717, 1.165) is 23.4 Å². The molecule has 4 rings (SSSR count). The molecule has 2 aliphatic rings. The summed E-state index contributed by atoms with van der Waals surface area (Å²) in [5.41, 5.74) is 8.43. The van der Waals surface area contributed by atoms with Crippen molar-refractivity contribution in [3.05, 3.63) is 22.1 Å². The Hall–Kier alpha value is -1.78. The van der Waals surface area contributed by atoms with Gasteiger partial charge in [0.25, 0.3) is 5.56 Å². The van der Waals surface area contributed by atoms with Crippen LogP contribution in [0.5, 0.6) is 0 Å². The van der Waals surface area contributed by atoms with Gasteiger partial charge >= 0.3 is 0 Å². The van der Waals surface area contributed by atoms with Crippen LogP contribution < -0.4 is 11.3 Å². The number of fused-ring (bicyclic) bond motifs is 3. The van der Waals surface area contributed by atoms with Crippen molar-refractivity contribution in [3.63, 3.8) is 0 Å². The molecule has 2 fully saturated rings. The number of aromatic nitrogens is 3. The van der Waals surface area contributed by atoms with Gasteiger partial charge in [-0.15, -0.1) is 0 Å². The molecule has 2 aliphatic carbocycles. The fourth-order valence-electron chi connectivity index (χ4n) is 4.69. The Balaban J connectivity index is 1.72. The number of anilines is 1. The molecule has 4 N–H and O–H groups in total. The predicted molar refractivity (Wildman–Crippen MR) is 83.1 cm³/mol. The number of nitrogens with one attached hydrogen (secondary N) is 2. The van der Waals surface area contributed by atoms with E-state index >= 15 is 0 Å². The molecule has 2 bridgehead atoms. The van der Waals surface area contributed by atoms with Gasteiger partial charge in [-0.05, 0) is 42.6 Å². The average molecular weight is 286 g/mol. The summed E-state index contributed by atoms with van der Waals surface area (Å²) in [6.45, 7) is 0. The fraction of sp³-hybridized carbons (Fsp3) is 0.625. The normalized spacial score (nSPS) is 28.9. The summed E-state index contributed by atoms with van der Waals surface area (Å²) >= 11 is 0. The van der Waals surface area contributed by atoms with Crippen molar-refractivity contribution in [1.82, 2.24) is 15.0 Å². The Morgan fingerprint density at radius 1 is 1.33 bits per heavy atom. The van der Waals surface area contributed by atoms with Crippen LogP contribution in [0.15, 0.2) is 11.0 Å². The van der Waals surface area contributed by atoms with E-state index in [0.29, 0.717) is 10.9 Å². The predicted octanol–water partition coefficient (Wildman–Crippen LogP) is 2.74. The van der Waals surface area contributed by atoms with Crippen LogP contribution in [0.4, 0.5) is 5.95 Å². The second-order valence-electron chi connectivity index (χ2n) is 7.02. The van der Waals surface area contributed by atoms with E-state index in [-0.39, 0.29) is 11.5 Å². The van der Waals surface area contributed by atoms with Gasteiger partial charge in [-0.3, -0.25) is 9.78 Å². The molecule has 0 saturated heterocycles. The van der Waals surface area contributed by atoms with E-state index in [2.05, 4.69) is 15.0 Å². The molecule has 0 atom stereocenters. The standard InChI is InChI=1S/C16H22N4O/c17-15-19-12-11(9-18-13(12)14(21)20-15)8-16-5-1-3-10(7-16)4-2-6-16/h9-10,18H,1-8H2,(H3,17,19,20,21). The zero-order valence-electron chi connectivity index (χ0n) is 12.2. The Morgan fingerprint density at radius 2 is 2.10 bits per heavy atom. The third-order valence-electron chi connectivity index (χ3n) is 5.56. The summed E-state index contributed by atoms with van der Waals surface area (Å²) in [5, 5.41) is 0. The highest BCUT2D eigenvalue weighted by Crippen LogP contribution is 2.50. The Labute approximate surface area is 123 Å². The van der Waals surface area contributed by atoms with Gasteiger partial charge in [0.2, 0.25) is 5.95 Å². The largest absolute Gasteiger partial charge is 0.369 e. The van der Waals surface area contributed by atoms with Crippen molar-refractivity contribution in [1.29, 1.82) is 0 Å². The molecule has 2 aromatic heterocycles. The van der Waals surface area contributed by atoms with Crippen LogP contribution in [-0.4, -0.2) is 15.0 Å². The van der Waals surface area contributed by atoms with Crippen LogP contribution in [0.1, 0.15) is 50.5 Å². The molecule has 0 aliphatic heterocycles. The van der Waals surface area contributed by atoms with Crippen molar-refractivity contribution >= 4 is 17.0 Å². The number of hydrogen-bond acceptors (Lipinski definition) is 3. The number of aromatic amines is 2. The number of H-pyrrole nitrogens is 2. The first-order valence-corrected chi connectivity index (χ1v) is 8.01. The summed E-state index contributed by atoms with van der Waals surface area (Å²) in [6.07, 6.45) is 12.5. The van der Waals surface area contributed by atoms with Crippen LogP contribution in [0.2, 0.25) is 0 Å². The van der Waals surface area contributed by atoms with Gasteiger partial charge in [-0.1, -0.05) is 25.7 Å². The topological polar surface area (TPSA) is 87.6 Å². The third-order valence-corrected chi connectivity index (χ3v) is 5.56. The lowest BCUT2D eigenvalue weighted by molar-refractivity contribution is 0.0777. The first-order chi connectivity index (χ1) is 10.2. The smallest absolute Gasteiger partial charge is 0.276 e. The summed E-state index contributed by atoms with van der Waals surface area (Å²) in [6, 6.07) is 0. The van der Waals surface area contributed by atoms with Crippen LogP contribution in [0.25, 0.3) is 11.0 Å². The van der Waals surface area contributed by atoms with E-state index < -0.39 is 0 Å². The average Bonchev–Trinajstić information content (AvgIpc) is 2.82. The second-order valence-corrected chi connectivity index (χ2v) is 7.02. The molecule has 0 amide bonds. The van der Waals surface area contributed by atoms with Gasteiger partial charge in [-0.25, -0.2) is 4.98 Å². The van der Waals surface area contributed by atoms with Crippen molar-refractivity contribution in [2.24, 2.45) is 11.3 Å². The monoisotopic (exact) mass is 286 g/mol. The number of hydrogen-bond donors (Lipinski definition) is 3. The molecule has 5 nitrogen and oxygen atoms in total. The zero-order chi connectivity index (χ0) is 14.4. The fourth-order valence-corrected chi connectivity index (χ4v) is 4.69. The molecular formula is C16H22N4O. The molecule has 112 valence electrons. The highest BCUT2D eigenvalue weighted by molar-refractivity contribution is 5.78. The lowest BCUT2D eigenvalue weighted by Crippen LogP contribution is -2.34. The van der Waals surface area contributed by atoms with E-state index in [1.54, 1.807) is 0 Å². The molecule has 2 aromatic rings. The minimum Gasteiger partial charge on any atom is -0.369 e. The quantitative estimate of drug-likeness (QED) is 0.793. The Kier molecular flexibility index (Phi) is 2.84. The van der Waals surface area contributed by atoms with Gasteiger partial charge < -0.3 is 10.7 Å². The van der Waals surface area contributed by atoms with Crippen LogP contribution >= 0.6 is 0 Å². The Bertz CT molecular complexity index is 719. The maximum atomic E-state index is 11.9. The zero-order valence-corrected chi connectivity index (χ0v) is 12.2. The minimum absolute atomic E-state index is 0.175. The van der Waals surface area contributed by atoms with Crippen molar-refractivity contribution in [3.8, 4) is 0 Å². The van der Waals surface area contributed by atoms with E-state index in [1.807, 2.05) is 6.20 Å². The summed E-state index contributed by atoms with van der Waals surface area (Å²) in [4.78, 5) is 21.9. The number of nitrogens with two attached hydrogens (primary N) is 1. The van der Waals surface area contributed by atoms with E-state index in [1.165, 1.54) is 44.9 Å². The molecular weight excluding hydrogens is 264 g/mol. The summed E-state index contributed by atoms with van der Waals surface area (Å²) in [5.74, 6) is 1.12. The lowest BCUT2D eigenvalue weighted by atomic mass is 9.60. The first-order valence-electron chi connectivity index (χ1n) is 8.01. The lowest BCUT2D eigenvalue weighted by Gasteiger charge is -2.45. The van der Waals surface area contributed by atoms with Gasteiger partial charge in [-0.2, -0.15) is 0 Å². The minimum atomic E-state index is -0.175. The summed E-state index contributed by atoms with van der Waals surface area (Å²) in [7, 11) is 0. The molecule has 2 heterocycles. The molecule has 0 aromatic carbocycles. The maximum Gasteiger partial charge on any atom is 0.276 e. The molecule has 21 heavy (non-hydrogen) atoms. The molecule has 0 spiro atoms. The third kappa shape index (κ3) is 2.15. The molecule has 0 unspecified atom stereocenters. The highest BCUT2D eigenvalue weighted by Gasteiger charge is 2.39. The van der Waals surface area contributed by atoms with Gasteiger partial charge in [0.1, 0.15) is 11.0 Å². The van der Waals surface area contributed by atoms with Crippen LogP contribution in [0.3, 0.4) is 0 Å². The van der Waals surface area contributed by atoms with Gasteiger partial charge in [0.15, 0.2) is 0 Å². The number of rotatable bonds is 2. The molecule has 0 radical (unpaired) electrons.